The SMILES string of the molecule is CCC(C)C(N)c1cc(OC)c(Br)cc1OC. The molecule has 17 heavy (non-hydrogen) atoms. The molecule has 1 aromatic carbocycles. The minimum absolute atomic E-state index is 0.0445. The Bertz CT molecular complexity index is 382. The van der Waals surface area contributed by atoms with Crippen molar-refractivity contribution in [3.63, 3.8) is 0 Å². The third-order valence-electron chi connectivity index (χ3n) is 3.12. The third-order valence-corrected chi connectivity index (χ3v) is 3.74. The van der Waals surface area contributed by atoms with Gasteiger partial charge in [-0.2, -0.15) is 0 Å². The Morgan fingerprint density at radius 3 is 2.29 bits per heavy atom. The van der Waals surface area contributed by atoms with Gasteiger partial charge in [0.2, 0.25) is 0 Å². The molecule has 1 aromatic rings. The fraction of sp³-hybridized carbons (Fsp3) is 0.538. The van der Waals surface area contributed by atoms with Crippen LogP contribution in [0.1, 0.15) is 31.9 Å². The lowest BCUT2D eigenvalue weighted by atomic mass is 9.92. The van der Waals surface area contributed by atoms with Gasteiger partial charge in [0, 0.05) is 11.6 Å². The van der Waals surface area contributed by atoms with Crippen molar-refractivity contribution >= 4 is 15.9 Å². The van der Waals surface area contributed by atoms with Crippen molar-refractivity contribution in [1.82, 2.24) is 0 Å². The first-order chi connectivity index (χ1) is 8.04. The van der Waals surface area contributed by atoms with Crippen molar-refractivity contribution in [3.05, 3.63) is 22.2 Å². The average molecular weight is 302 g/mol. The summed E-state index contributed by atoms with van der Waals surface area (Å²) in [5.74, 6) is 1.97. The van der Waals surface area contributed by atoms with Gasteiger partial charge in [-0.1, -0.05) is 20.3 Å². The highest BCUT2D eigenvalue weighted by Crippen LogP contribution is 2.37. The van der Waals surface area contributed by atoms with Crippen molar-refractivity contribution in [2.24, 2.45) is 11.7 Å². The summed E-state index contributed by atoms with van der Waals surface area (Å²) in [5.41, 5.74) is 7.24. The highest BCUT2D eigenvalue weighted by atomic mass is 79.9. The van der Waals surface area contributed by atoms with Crippen LogP contribution in [0.15, 0.2) is 16.6 Å². The van der Waals surface area contributed by atoms with Gasteiger partial charge in [-0.3, -0.25) is 0 Å². The van der Waals surface area contributed by atoms with E-state index in [1.807, 2.05) is 12.1 Å². The van der Waals surface area contributed by atoms with E-state index in [1.165, 1.54) is 0 Å². The van der Waals surface area contributed by atoms with Gasteiger partial charge in [0.15, 0.2) is 0 Å². The van der Waals surface area contributed by atoms with E-state index in [-0.39, 0.29) is 6.04 Å². The molecule has 0 aliphatic rings. The lowest BCUT2D eigenvalue weighted by molar-refractivity contribution is 0.379. The molecule has 96 valence electrons. The van der Waals surface area contributed by atoms with E-state index >= 15 is 0 Å². The third kappa shape index (κ3) is 3.13. The molecular formula is C13H20BrNO2. The first-order valence-electron chi connectivity index (χ1n) is 5.72. The Labute approximate surface area is 111 Å². The summed E-state index contributed by atoms with van der Waals surface area (Å²) in [4.78, 5) is 0. The van der Waals surface area contributed by atoms with Crippen LogP contribution >= 0.6 is 15.9 Å². The maximum Gasteiger partial charge on any atom is 0.133 e. The van der Waals surface area contributed by atoms with Crippen LogP contribution in [0.4, 0.5) is 0 Å². The molecule has 0 amide bonds. The van der Waals surface area contributed by atoms with Gasteiger partial charge in [0.05, 0.1) is 18.7 Å². The van der Waals surface area contributed by atoms with Crippen LogP contribution in [0, 0.1) is 5.92 Å². The molecule has 0 spiro atoms. The highest BCUT2D eigenvalue weighted by Gasteiger charge is 2.19. The van der Waals surface area contributed by atoms with Gasteiger partial charge in [-0.25, -0.2) is 0 Å². The summed E-state index contributed by atoms with van der Waals surface area (Å²) in [5, 5.41) is 0. The Morgan fingerprint density at radius 1 is 1.24 bits per heavy atom. The summed E-state index contributed by atoms with van der Waals surface area (Å²) < 4.78 is 11.5. The fourth-order valence-corrected chi connectivity index (χ4v) is 2.19. The summed E-state index contributed by atoms with van der Waals surface area (Å²) >= 11 is 3.44. The zero-order valence-corrected chi connectivity index (χ0v) is 12.4. The second kappa shape index (κ2) is 6.26. The Kier molecular flexibility index (Phi) is 5.28. The first-order valence-corrected chi connectivity index (χ1v) is 6.51. The second-order valence-electron chi connectivity index (χ2n) is 4.14. The molecule has 1 rings (SSSR count). The summed E-state index contributed by atoms with van der Waals surface area (Å²) in [6.07, 6.45) is 1.03. The molecule has 0 radical (unpaired) electrons. The Balaban J connectivity index is 3.20. The van der Waals surface area contributed by atoms with E-state index in [4.69, 9.17) is 15.2 Å². The van der Waals surface area contributed by atoms with Crippen LogP contribution < -0.4 is 15.2 Å². The molecule has 3 nitrogen and oxygen atoms in total. The minimum atomic E-state index is -0.0445. The van der Waals surface area contributed by atoms with Crippen molar-refractivity contribution < 1.29 is 9.47 Å². The van der Waals surface area contributed by atoms with E-state index in [2.05, 4.69) is 29.8 Å². The number of nitrogens with two attached hydrogens (primary N) is 1. The molecule has 0 bridgehead atoms. The quantitative estimate of drug-likeness (QED) is 0.905. The molecule has 0 aromatic heterocycles. The van der Waals surface area contributed by atoms with Crippen LogP contribution in [0.3, 0.4) is 0 Å². The molecule has 0 aliphatic carbocycles. The van der Waals surface area contributed by atoms with Crippen LogP contribution in [0.2, 0.25) is 0 Å². The molecule has 2 atom stereocenters. The number of methoxy groups -OCH3 is 2. The highest BCUT2D eigenvalue weighted by molar-refractivity contribution is 9.10. The van der Waals surface area contributed by atoms with Gasteiger partial charge in [0.25, 0.3) is 0 Å². The van der Waals surface area contributed by atoms with Gasteiger partial charge in [0.1, 0.15) is 11.5 Å². The number of benzene rings is 1. The zero-order chi connectivity index (χ0) is 13.0. The van der Waals surface area contributed by atoms with Gasteiger partial charge in [-0.05, 0) is 34.0 Å². The molecule has 0 fully saturated rings. The zero-order valence-electron chi connectivity index (χ0n) is 10.8. The van der Waals surface area contributed by atoms with E-state index in [9.17, 15) is 0 Å². The molecule has 4 heteroatoms. The van der Waals surface area contributed by atoms with Gasteiger partial charge >= 0.3 is 0 Å². The maximum absolute atomic E-state index is 6.25. The lowest BCUT2D eigenvalue weighted by Gasteiger charge is -2.22. The standard InChI is InChI=1S/C13H20BrNO2/c1-5-8(2)13(15)9-6-12(17-4)10(14)7-11(9)16-3/h6-8,13H,5,15H2,1-4H3. The monoisotopic (exact) mass is 301 g/mol. The number of hydrogen-bond acceptors (Lipinski definition) is 3. The second-order valence-corrected chi connectivity index (χ2v) is 4.99. The number of hydrogen-bond donors (Lipinski definition) is 1. The normalized spacial score (nSPS) is 14.2. The molecule has 0 saturated heterocycles. The predicted octanol–water partition coefficient (Wildman–Crippen LogP) is 3.51. The lowest BCUT2D eigenvalue weighted by Crippen LogP contribution is -2.19. The van der Waals surface area contributed by atoms with E-state index in [0.717, 1.165) is 28.0 Å². The van der Waals surface area contributed by atoms with E-state index < -0.39 is 0 Å². The van der Waals surface area contributed by atoms with Gasteiger partial charge in [-0.15, -0.1) is 0 Å². The topological polar surface area (TPSA) is 44.5 Å². The van der Waals surface area contributed by atoms with Crippen LogP contribution in [0.25, 0.3) is 0 Å². The first kappa shape index (κ1) is 14.3. The van der Waals surface area contributed by atoms with Crippen molar-refractivity contribution in [2.45, 2.75) is 26.3 Å². The molecular weight excluding hydrogens is 282 g/mol. The van der Waals surface area contributed by atoms with Crippen LogP contribution in [0.5, 0.6) is 11.5 Å². The molecule has 2 N–H and O–H groups in total. The molecule has 0 aliphatic heterocycles. The van der Waals surface area contributed by atoms with E-state index in [1.54, 1.807) is 14.2 Å². The maximum atomic E-state index is 6.25. The van der Waals surface area contributed by atoms with Crippen molar-refractivity contribution in [1.29, 1.82) is 0 Å². The van der Waals surface area contributed by atoms with Crippen LogP contribution in [-0.4, -0.2) is 14.2 Å². The smallest absolute Gasteiger partial charge is 0.133 e. The largest absolute Gasteiger partial charge is 0.496 e. The summed E-state index contributed by atoms with van der Waals surface area (Å²) in [6, 6.07) is 3.80. The Hall–Kier alpha value is -0.740. The molecule has 0 saturated carbocycles. The fourth-order valence-electron chi connectivity index (χ4n) is 1.71. The van der Waals surface area contributed by atoms with Gasteiger partial charge < -0.3 is 15.2 Å². The number of halogens is 1. The van der Waals surface area contributed by atoms with Crippen molar-refractivity contribution in [3.8, 4) is 11.5 Å². The average Bonchev–Trinajstić information content (AvgIpc) is 2.36. The molecule has 0 heterocycles. The van der Waals surface area contributed by atoms with Crippen molar-refractivity contribution in [2.75, 3.05) is 14.2 Å². The van der Waals surface area contributed by atoms with E-state index in [0.29, 0.717) is 5.92 Å². The predicted molar refractivity (Wildman–Crippen MR) is 73.6 cm³/mol. The number of rotatable bonds is 5. The summed E-state index contributed by atoms with van der Waals surface area (Å²) in [7, 11) is 3.30. The Morgan fingerprint density at radius 2 is 1.82 bits per heavy atom. The minimum Gasteiger partial charge on any atom is -0.496 e. The van der Waals surface area contributed by atoms with Crippen LogP contribution in [-0.2, 0) is 0 Å². The molecule has 2 unspecified atom stereocenters. The summed E-state index contributed by atoms with van der Waals surface area (Å²) in [6.45, 7) is 4.27. The number of ether oxygens (including phenoxy) is 2.